The van der Waals surface area contributed by atoms with Gasteiger partial charge < -0.3 is 9.84 Å². The molecule has 142 valence electrons. The van der Waals surface area contributed by atoms with Gasteiger partial charge in [-0.15, -0.1) is 0 Å². The van der Waals surface area contributed by atoms with Crippen LogP contribution < -0.4 is 0 Å². The third-order valence-electron chi connectivity index (χ3n) is 10.2. The van der Waals surface area contributed by atoms with Crippen molar-refractivity contribution >= 4 is 0 Å². The number of hydrogen-bond acceptors (Lipinski definition) is 2. The van der Waals surface area contributed by atoms with E-state index < -0.39 is 0 Å². The molecule has 25 heavy (non-hydrogen) atoms. The lowest BCUT2D eigenvalue weighted by Crippen LogP contribution is -2.55. The van der Waals surface area contributed by atoms with Crippen LogP contribution in [-0.4, -0.2) is 18.3 Å². The van der Waals surface area contributed by atoms with E-state index in [0.29, 0.717) is 28.4 Å². The molecule has 0 bridgehead atoms. The van der Waals surface area contributed by atoms with Crippen LogP contribution >= 0.6 is 0 Å². The number of allylic oxidation sites excluding steroid dienone is 1. The van der Waals surface area contributed by atoms with E-state index in [9.17, 15) is 5.11 Å². The molecule has 0 spiro atoms. The molecule has 8 atom stereocenters. The molecule has 4 rings (SSSR count). The lowest BCUT2D eigenvalue weighted by molar-refractivity contribution is -0.120. The second kappa shape index (κ2) is 5.75. The Kier molecular flexibility index (Phi) is 4.11. The highest BCUT2D eigenvalue weighted by atomic mass is 16.5. The molecular formula is C23H38O2. The maximum absolute atomic E-state index is 11.0. The molecule has 4 aliphatic rings. The van der Waals surface area contributed by atoms with Crippen molar-refractivity contribution < 1.29 is 9.84 Å². The van der Waals surface area contributed by atoms with Gasteiger partial charge in [0.2, 0.25) is 0 Å². The standard InChI is InChI=1S/C23H38O2/c1-6-21(2)11-9-18-17-8-7-15-13-16(25-5)14-20(24)23(15,4)19(17)10-12-22(18,21)3/h14-19,24H,6-13H2,1-5H3/t15?,16-,17+,18+,19+,21+,22+,23+/m1/s1. The molecule has 0 aromatic rings. The third kappa shape index (κ3) is 2.19. The van der Waals surface area contributed by atoms with Gasteiger partial charge in [-0.1, -0.05) is 34.1 Å². The molecule has 2 nitrogen and oxygen atoms in total. The Morgan fingerprint density at radius 2 is 1.80 bits per heavy atom. The van der Waals surface area contributed by atoms with Crippen molar-refractivity contribution in [2.75, 3.05) is 7.11 Å². The summed E-state index contributed by atoms with van der Waals surface area (Å²) in [6.07, 6.45) is 12.7. The summed E-state index contributed by atoms with van der Waals surface area (Å²) in [7, 11) is 1.78. The minimum absolute atomic E-state index is 0.00944. The van der Waals surface area contributed by atoms with Gasteiger partial charge >= 0.3 is 0 Å². The third-order valence-corrected chi connectivity index (χ3v) is 10.2. The summed E-state index contributed by atoms with van der Waals surface area (Å²) in [6, 6.07) is 0. The fraction of sp³-hybridized carbons (Fsp3) is 0.913. The molecule has 0 saturated heterocycles. The zero-order chi connectivity index (χ0) is 18.0. The van der Waals surface area contributed by atoms with E-state index in [-0.39, 0.29) is 11.5 Å². The zero-order valence-electron chi connectivity index (χ0n) is 17.0. The molecule has 2 heteroatoms. The molecule has 4 aliphatic carbocycles. The van der Waals surface area contributed by atoms with Crippen molar-refractivity contribution in [3.05, 3.63) is 11.8 Å². The van der Waals surface area contributed by atoms with Crippen molar-refractivity contribution in [1.29, 1.82) is 0 Å². The van der Waals surface area contributed by atoms with Crippen LogP contribution in [0.1, 0.15) is 79.1 Å². The van der Waals surface area contributed by atoms with E-state index in [1.165, 1.54) is 44.9 Å². The van der Waals surface area contributed by atoms with Crippen molar-refractivity contribution in [3.63, 3.8) is 0 Å². The summed E-state index contributed by atoms with van der Waals surface area (Å²) in [4.78, 5) is 0. The monoisotopic (exact) mass is 346 g/mol. The van der Waals surface area contributed by atoms with E-state index >= 15 is 0 Å². The highest BCUT2D eigenvalue weighted by Gasteiger charge is 2.63. The van der Waals surface area contributed by atoms with Crippen LogP contribution in [0.5, 0.6) is 0 Å². The minimum Gasteiger partial charge on any atom is -0.512 e. The molecular weight excluding hydrogens is 308 g/mol. The second-order valence-electron chi connectivity index (χ2n) is 10.4. The van der Waals surface area contributed by atoms with Gasteiger partial charge in [-0.3, -0.25) is 0 Å². The first kappa shape index (κ1) is 17.9. The van der Waals surface area contributed by atoms with Crippen molar-refractivity contribution in [2.24, 2.45) is 39.9 Å². The predicted molar refractivity (Wildman–Crippen MR) is 102 cm³/mol. The number of aliphatic hydroxyl groups excluding tert-OH is 1. The Hall–Kier alpha value is -0.500. The fourth-order valence-corrected chi connectivity index (χ4v) is 8.00. The van der Waals surface area contributed by atoms with Gasteiger partial charge in [0, 0.05) is 12.5 Å². The smallest absolute Gasteiger partial charge is 0.0973 e. The Balaban J connectivity index is 1.68. The average molecular weight is 347 g/mol. The summed E-state index contributed by atoms with van der Waals surface area (Å²) in [5.41, 5.74) is 1.02. The molecule has 0 aliphatic heterocycles. The molecule has 0 radical (unpaired) electrons. The lowest BCUT2D eigenvalue weighted by Gasteiger charge is -2.61. The number of fused-ring (bicyclic) bond motifs is 5. The van der Waals surface area contributed by atoms with Crippen LogP contribution in [0.15, 0.2) is 11.8 Å². The summed E-state index contributed by atoms with van der Waals surface area (Å²) in [5, 5.41) is 11.0. The lowest BCUT2D eigenvalue weighted by atomic mass is 9.44. The van der Waals surface area contributed by atoms with Crippen LogP contribution in [0.4, 0.5) is 0 Å². The quantitative estimate of drug-likeness (QED) is 0.652. The molecule has 3 saturated carbocycles. The molecule has 1 N–H and O–H groups in total. The van der Waals surface area contributed by atoms with Crippen molar-refractivity contribution in [2.45, 2.75) is 85.2 Å². The van der Waals surface area contributed by atoms with Gasteiger partial charge in [-0.25, -0.2) is 0 Å². The molecule has 0 heterocycles. The molecule has 3 fully saturated rings. The molecule has 0 amide bonds. The average Bonchev–Trinajstić information content (AvgIpc) is 2.88. The van der Waals surface area contributed by atoms with Crippen LogP contribution in [0.3, 0.4) is 0 Å². The maximum atomic E-state index is 11.0. The highest BCUT2D eigenvalue weighted by molar-refractivity contribution is 5.22. The van der Waals surface area contributed by atoms with E-state index in [1.807, 2.05) is 6.08 Å². The normalized spacial score (nSPS) is 55.1. The van der Waals surface area contributed by atoms with Crippen LogP contribution in [-0.2, 0) is 4.74 Å². The summed E-state index contributed by atoms with van der Waals surface area (Å²) < 4.78 is 5.58. The van der Waals surface area contributed by atoms with Crippen LogP contribution in [0.2, 0.25) is 0 Å². The van der Waals surface area contributed by atoms with Crippen molar-refractivity contribution in [1.82, 2.24) is 0 Å². The second-order valence-corrected chi connectivity index (χ2v) is 10.4. The first-order chi connectivity index (χ1) is 11.8. The summed E-state index contributed by atoms with van der Waals surface area (Å²) in [6.45, 7) is 9.94. The number of aliphatic hydroxyl groups is 1. The highest BCUT2D eigenvalue weighted by Crippen LogP contribution is 2.71. The van der Waals surface area contributed by atoms with Gasteiger partial charge in [-0.05, 0) is 85.5 Å². The largest absolute Gasteiger partial charge is 0.512 e. The summed E-state index contributed by atoms with van der Waals surface area (Å²) in [5.74, 6) is 3.57. The molecule has 0 aromatic heterocycles. The fourth-order valence-electron chi connectivity index (χ4n) is 8.00. The van der Waals surface area contributed by atoms with Gasteiger partial charge in [0.25, 0.3) is 0 Å². The number of rotatable bonds is 2. The first-order valence-corrected chi connectivity index (χ1v) is 10.7. The molecule has 0 aromatic carbocycles. The van der Waals surface area contributed by atoms with E-state index in [1.54, 1.807) is 7.11 Å². The first-order valence-electron chi connectivity index (χ1n) is 10.7. The summed E-state index contributed by atoms with van der Waals surface area (Å²) >= 11 is 0. The van der Waals surface area contributed by atoms with Crippen molar-refractivity contribution in [3.8, 4) is 0 Å². The van der Waals surface area contributed by atoms with Gasteiger partial charge in [-0.2, -0.15) is 0 Å². The zero-order valence-corrected chi connectivity index (χ0v) is 17.0. The maximum Gasteiger partial charge on any atom is 0.0973 e. The Morgan fingerprint density at radius 3 is 2.48 bits per heavy atom. The van der Waals surface area contributed by atoms with E-state index in [2.05, 4.69) is 27.7 Å². The Bertz CT molecular complexity index is 568. The predicted octanol–water partition coefficient (Wildman–Crippen LogP) is 6.12. The Morgan fingerprint density at radius 1 is 1.08 bits per heavy atom. The molecule has 1 unspecified atom stereocenters. The van der Waals surface area contributed by atoms with E-state index in [4.69, 9.17) is 4.74 Å². The number of hydrogen-bond donors (Lipinski definition) is 1. The van der Waals surface area contributed by atoms with Crippen LogP contribution in [0.25, 0.3) is 0 Å². The SMILES string of the molecule is CC[C@@]1(C)CC[C@H]2[C@@H]3CCC4C[C@@H](OC)C=C(O)[C@]4(C)[C@H]3CC[C@@]21C. The van der Waals surface area contributed by atoms with Crippen LogP contribution in [0, 0.1) is 39.9 Å². The van der Waals surface area contributed by atoms with Gasteiger partial charge in [0.05, 0.1) is 11.9 Å². The van der Waals surface area contributed by atoms with Gasteiger partial charge in [0.15, 0.2) is 0 Å². The Labute approximate surface area is 154 Å². The number of methoxy groups -OCH3 is 1. The van der Waals surface area contributed by atoms with E-state index in [0.717, 1.165) is 18.3 Å². The topological polar surface area (TPSA) is 29.5 Å². The van der Waals surface area contributed by atoms with Gasteiger partial charge in [0.1, 0.15) is 0 Å². The minimum atomic E-state index is -0.00944. The number of ether oxygens (including phenoxy) is 1.